The summed E-state index contributed by atoms with van der Waals surface area (Å²) in [7, 11) is 0. The minimum Gasteiger partial charge on any atom is -0.444 e. The summed E-state index contributed by atoms with van der Waals surface area (Å²) in [5, 5.41) is 6.39. The summed E-state index contributed by atoms with van der Waals surface area (Å²) in [6.45, 7) is 9.28. The van der Waals surface area contributed by atoms with Crippen molar-refractivity contribution in [2.75, 3.05) is 13.1 Å². The lowest BCUT2D eigenvalue weighted by Crippen LogP contribution is -2.34. The fourth-order valence-electron chi connectivity index (χ4n) is 2.80. The molecule has 0 radical (unpaired) electrons. The van der Waals surface area contributed by atoms with E-state index in [2.05, 4.69) is 35.8 Å². The van der Waals surface area contributed by atoms with Crippen molar-refractivity contribution in [1.29, 1.82) is 0 Å². The molecule has 0 aliphatic heterocycles. The quantitative estimate of drug-likeness (QED) is 0.819. The first kappa shape index (κ1) is 16.8. The standard InChI is InChI=1S/C18H28N2O2/c1-13-6-7-14-8-9-16(15(14)12-13)19-10-5-11-20-17(21)22-18(2,3)4/h6-7,12,16,19H,5,8-11H2,1-4H3,(H,20,21). The van der Waals surface area contributed by atoms with Gasteiger partial charge in [-0.05, 0) is 64.6 Å². The van der Waals surface area contributed by atoms with Crippen LogP contribution in [0.15, 0.2) is 18.2 Å². The number of aryl methyl sites for hydroxylation is 2. The first-order valence-electron chi connectivity index (χ1n) is 8.15. The lowest BCUT2D eigenvalue weighted by Gasteiger charge is -2.20. The predicted molar refractivity (Wildman–Crippen MR) is 89.1 cm³/mol. The highest BCUT2D eigenvalue weighted by Crippen LogP contribution is 2.31. The largest absolute Gasteiger partial charge is 0.444 e. The van der Waals surface area contributed by atoms with Gasteiger partial charge in [-0.3, -0.25) is 0 Å². The first-order chi connectivity index (χ1) is 10.3. The Hall–Kier alpha value is -1.55. The molecule has 0 spiro atoms. The van der Waals surface area contributed by atoms with Crippen molar-refractivity contribution in [1.82, 2.24) is 10.6 Å². The Labute approximate surface area is 133 Å². The Morgan fingerprint density at radius 2 is 2.09 bits per heavy atom. The normalized spacial score (nSPS) is 17.2. The summed E-state index contributed by atoms with van der Waals surface area (Å²) in [5.41, 5.74) is 3.79. The summed E-state index contributed by atoms with van der Waals surface area (Å²) in [5.74, 6) is 0. The zero-order valence-electron chi connectivity index (χ0n) is 14.2. The van der Waals surface area contributed by atoms with Gasteiger partial charge in [-0.25, -0.2) is 4.79 Å². The van der Waals surface area contributed by atoms with E-state index in [1.54, 1.807) is 0 Å². The second-order valence-corrected chi connectivity index (χ2v) is 7.03. The van der Waals surface area contributed by atoms with Gasteiger partial charge in [-0.1, -0.05) is 23.8 Å². The van der Waals surface area contributed by atoms with Crippen LogP contribution in [-0.2, 0) is 11.2 Å². The van der Waals surface area contributed by atoms with Gasteiger partial charge in [0.15, 0.2) is 0 Å². The Morgan fingerprint density at radius 1 is 1.32 bits per heavy atom. The first-order valence-corrected chi connectivity index (χ1v) is 8.15. The van der Waals surface area contributed by atoms with Crippen LogP contribution < -0.4 is 10.6 Å². The Kier molecular flexibility index (Phi) is 5.46. The zero-order chi connectivity index (χ0) is 16.2. The molecule has 1 aromatic carbocycles. The molecule has 1 aliphatic carbocycles. The number of carbonyl (C=O) groups excluding carboxylic acids is 1. The number of amides is 1. The average molecular weight is 304 g/mol. The number of rotatable bonds is 5. The van der Waals surface area contributed by atoms with Crippen molar-refractivity contribution in [3.05, 3.63) is 34.9 Å². The van der Waals surface area contributed by atoms with Gasteiger partial charge in [0.1, 0.15) is 5.60 Å². The summed E-state index contributed by atoms with van der Waals surface area (Å²) in [6, 6.07) is 7.18. The van der Waals surface area contributed by atoms with Gasteiger partial charge < -0.3 is 15.4 Å². The SMILES string of the molecule is Cc1ccc2c(c1)C(NCCCNC(=O)OC(C)(C)C)CC2. The molecule has 0 aromatic heterocycles. The molecule has 2 rings (SSSR count). The van der Waals surface area contributed by atoms with Crippen LogP contribution in [0.3, 0.4) is 0 Å². The van der Waals surface area contributed by atoms with Crippen molar-refractivity contribution >= 4 is 6.09 Å². The van der Waals surface area contributed by atoms with Gasteiger partial charge >= 0.3 is 6.09 Å². The molecule has 22 heavy (non-hydrogen) atoms. The maximum Gasteiger partial charge on any atom is 0.407 e. The molecule has 4 nitrogen and oxygen atoms in total. The van der Waals surface area contributed by atoms with Gasteiger partial charge in [0.25, 0.3) is 0 Å². The van der Waals surface area contributed by atoms with Crippen LogP contribution in [0, 0.1) is 6.92 Å². The van der Waals surface area contributed by atoms with E-state index in [1.165, 1.54) is 16.7 Å². The van der Waals surface area contributed by atoms with E-state index < -0.39 is 5.60 Å². The van der Waals surface area contributed by atoms with Crippen molar-refractivity contribution in [3.63, 3.8) is 0 Å². The number of fused-ring (bicyclic) bond motifs is 1. The van der Waals surface area contributed by atoms with Gasteiger partial charge in [-0.15, -0.1) is 0 Å². The van der Waals surface area contributed by atoms with E-state index in [4.69, 9.17) is 4.74 Å². The minimum absolute atomic E-state index is 0.339. The molecule has 0 bridgehead atoms. The third-order valence-corrected chi connectivity index (χ3v) is 3.79. The maximum atomic E-state index is 11.5. The number of hydrogen-bond acceptors (Lipinski definition) is 3. The molecule has 0 saturated carbocycles. The van der Waals surface area contributed by atoms with Crippen molar-refractivity contribution in [3.8, 4) is 0 Å². The Bertz CT molecular complexity index is 520. The number of nitrogens with one attached hydrogen (secondary N) is 2. The van der Waals surface area contributed by atoms with E-state index in [-0.39, 0.29) is 6.09 Å². The molecule has 1 amide bonds. The topological polar surface area (TPSA) is 50.4 Å². The van der Waals surface area contributed by atoms with Crippen LogP contribution in [0.5, 0.6) is 0 Å². The van der Waals surface area contributed by atoms with Crippen LogP contribution in [-0.4, -0.2) is 24.8 Å². The summed E-state index contributed by atoms with van der Waals surface area (Å²) < 4.78 is 5.21. The zero-order valence-corrected chi connectivity index (χ0v) is 14.2. The molecule has 4 heteroatoms. The van der Waals surface area contributed by atoms with Gasteiger partial charge in [0.2, 0.25) is 0 Å². The molecular formula is C18H28N2O2. The Morgan fingerprint density at radius 3 is 2.82 bits per heavy atom. The lowest BCUT2D eigenvalue weighted by atomic mass is 10.1. The van der Waals surface area contributed by atoms with Crippen molar-refractivity contribution in [2.24, 2.45) is 0 Å². The highest BCUT2D eigenvalue weighted by molar-refractivity contribution is 5.67. The monoisotopic (exact) mass is 304 g/mol. The van der Waals surface area contributed by atoms with Gasteiger partial charge in [-0.2, -0.15) is 0 Å². The number of alkyl carbamates (subject to hydrolysis) is 1. The maximum absolute atomic E-state index is 11.5. The number of carbonyl (C=O) groups is 1. The van der Waals surface area contributed by atoms with E-state index >= 15 is 0 Å². The molecular weight excluding hydrogens is 276 g/mol. The fourth-order valence-corrected chi connectivity index (χ4v) is 2.80. The molecule has 0 saturated heterocycles. The second kappa shape index (κ2) is 7.14. The Balaban J connectivity index is 1.67. The number of hydrogen-bond donors (Lipinski definition) is 2. The van der Waals surface area contributed by atoms with Crippen LogP contribution in [0.1, 0.15) is 56.3 Å². The smallest absolute Gasteiger partial charge is 0.407 e. The van der Waals surface area contributed by atoms with E-state index in [1.807, 2.05) is 20.8 Å². The molecule has 2 N–H and O–H groups in total. The molecule has 1 aliphatic rings. The molecule has 122 valence electrons. The summed E-state index contributed by atoms with van der Waals surface area (Å²) >= 11 is 0. The lowest BCUT2D eigenvalue weighted by molar-refractivity contribution is 0.0527. The van der Waals surface area contributed by atoms with Gasteiger partial charge in [0.05, 0.1) is 0 Å². The third kappa shape index (κ3) is 5.02. The summed E-state index contributed by atoms with van der Waals surface area (Å²) in [4.78, 5) is 11.5. The van der Waals surface area contributed by atoms with E-state index in [0.717, 1.165) is 25.8 Å². The molecule has 1 atom stereocenters. The van der Waals surface area contributed by atoms with Crippen LogP contribution in [0.2, 0.25) is 0 Å². The molecule has 0 fully saturated rings. The van der Waals surface area contributed by atoms with E-state index in [0.29, 0.717) is 12.6 Å². The fraction of sp³-hybridized carbons (Fsp3) is 0.611. The third-order valence-electron chi connectivity index (χ3n) is 3.79. The van der Waals surface area contributed by atoms with Crippen molar-refractivity contribution in [2.45, 2.75) is 58.6 Å². The number of ether oxygens (including phenoxy) is 1. The number of benzene rings is 1. The molecule has 0 heterocycles. The average Bonchev–Trinajstić information content (AvgIpc) is 2.79. The van der Waals surface area contributed by atoms with Gasteiger partial charge in [0, 0.05) is 12.6 Å². The predicted octanol–water partition coefficient (Wildman–Crippen LogP) is 3.49. The van der Waals surface area contributed by atoms with E-state index in [9.17, 15) is 4.79 Å². The minimum atomic E-state index is -0.437. The second-order valence-electron chi connectivity index (χ2n) is 7.03. The molecule has 1 unspecified atom stereocenters. The highest BCUT2D eigenvalue weighted by Gasteiger charge is 2.21. The molecule has 1 aromatic rings. The highest BCUT2D eigenvalue weighted by atomic mass is 16.6. The van der Waals surface area contributed by atoms with Crippen molar-refractivity contribution < 1.29 is 9.53 Å². The summed E-state index contributed by atoms with van der Waals surface area (Å²) in [6.07, 6.45) is 2.88. The van der Waals surface area contributed by atoms with Crippen LogP contribution in [0.4, 0.5) is 4.79 Å². The van der Waals surface area contributed by atoms with Crippen LogP contribution >= 0.6 is 0 Å². The van der Waals surface area contributed by atoms with Crippen LogP contribution in [0.25, 0.3) is 0 Å².